The number of rotatable bonds is 3. The summed E-state index contributed by atoms with van der Waals surface area (Å²) in [6, 6.07) is 11.2. The second-order valence-corrected chi connectivity index (χ2v) is 11.5. The summed E-state index contributed by atoms with van der Waals surface area (Å²) in [7, 11) is -14.0. The molecule has 4 aromatic carbocycles. The number of benzene rings is 4. The first-order valence-electron chi connectivity index (χ1n) is 9.40. The molecule has 0 fully saturated rings. The number of hydrogen-bond acceptors (Lipinski definition) is 10. The standard InChI is InChI=1S/C10H9NO7S2.C10H9NO4S/c11-10-8(20(16,17)18)4-7(19(13,14)15)5-2-1-3-6(12)9(5)10;11-8-3-1-2-6-4-7(16(13,14)15)5-9(12)10(6)8/h1-4,12H,11H2,(H,13,14,15)(H,16,17,18);1-5,12H,11H2,(H,13,14,15). The van der Waals surface area contributed by atoms with E-state index < -0.39 is 51.6 Å². The number of fused-ring (bicyclic) bond motifs is 2. The maximum Gasteiger partial charge on any atom is 0.296 e. The molecule has 36 heavy (non-hydrogen) atoms. The highest BCUT2D eigenvalue weighted by atomic mass is 32.2. The van der Waals surface area contributed by atoms with E-state index in [1.54, 1.807) is 18.2 Å². The Hall–Kier alpha value is -3.67. The summed E-state index contributed by atoms with van der Waals surface area (Å²) in [5.41, 5.74) is 11.0. The van der Waals surface area contributed by atoms with Crippen molar-refractivity contribution in [1.82, 2.24) is 0 Å². The van der Waals surface area contributed by atoms with Crippen LogP contribution in [0.3, 0.4) is 0 Å². The summed E-state index contributed by atoms with van der Waals surface area (Å²) in [5.74, 6) is -0.765. The molecule has 0 bridgehead atoms. The fraction of sp³-hybridized carbons (Fsp3) is 0. The molecule has 0 heterocycles. The third kappa shape index (κ3) is 5.27. The Morgan fingerprint density at radius 3 is 1.75 bits per heavy atom. The molecule has 0 atom stereocenters. The summed E-state index contributed by atoms with van der Waals surface area (Å²) >= 11 is 0. The minimum atomic E-state index is -4.84. The minimum Gasteiger partial charge on any atom is -0.507 e. The molecule has 0 aromatic heterocycles. The topological polar surface area (TPSA) is 256 Å². The van der Waals surface area contributed by atoms with Gasteiger partial charge in [-0.25, -0.2) is 0 Å². The summed E-state index contributed by atoms with van der Waals surface area (Å²) < 4.78 is 93.9. The van der Waals surface area contributed by atoms with Gasteiger partial charge in [-0.15, -0.1) is 0 Å². The molecule has 192 valence electrons. The molecule has 0 aliphatic heterocycles. The van der Waals surface area contributed by atoms with Gasteiger partial charge in [-0.3, -0.25) is 13.7 Å². The number of phenolic OH excluding ortho intramolecular Hbond substituents is 2. The zero-order valence-electron chi connectivity index (χ0n) is 17.8. The lowest BCUT2D eigenvalue weighted by atomic mass is 10.1. The molecule has 0 aliphatic carbocycles. The van der Waals surface area contributed by atoms with Crippen LogP contribution in [-0.4, -0.2) is 49.1 Å². The first-order valence-corrected chi connectivity index (χ1v) is 13.7. The molecular weight excluding hydrogens is 540 g/mol. The van der Waals surface area contributed by atoms with Crippen LogP contribution in [-0.2, 0) is 30.4 Å². The van der Waals surface area contributed by atoms with E-state index >= 15 is 0 Å². The lowest BCUT2D eigenvalue weighted by Gasteiger charge is -2.11. The van der Waals surface area contributed by atoms with Gasteiger partial charge < -0.3 is 21.7 Å². The highest BCUT2D eigenvalue weighted by molar-refractivity contribution is 7.87. The smallest absolute Gasteiger partial charge is 0.296 e. The summed E-state index contributed by atoms with van der Waals surface area (Å²) in [6.07, 6.45) is 0. The molecule has 16 heteroatoms. The lowest BCUT2D eigenvalue weighted by Crippen LogP contribution is -2.08. The maximum absolute atomic E-state index is 11.3. The van der Waals surface area contributed by atoms with Gasteiger partial charge in [0.05, 0.1) is 10.6 Å². The molecular formula is C20H18N2O11S3. The van der Waals surface area contributed by atoms with E-state index in [9.17, 15) is 35.5 Å². The van der Waals surface area contributed by atoms with Crippen LogP contribution >= 0.6 is 0 Å². The first kappa shape index (κ1) is 26.9. The normalized spacial score (nSPS) is 12.3. The van der Waals surface area contributed by atoms with Crippen molar-refractivity contribution in [3.8, 4) is 11.5 Å². The minimum absolute atomic E-state index is 0.169. The van der Waals surface area contributed by atoms with E-state index in [1.165, 1.54) is 18.2 Å². The van der Waals surface area contributed by atoms with E-state index in [0.29, 0.717) is 22.5 Å². The molecule has 0 spiro atoms. The van der Waals surface area contributed by atoms with E-state index in [0.717, 1.165) is 12.1 Å². The van der Waals surface area contributed by atoms with E-state index in [4.69, 9.17) is 25.1 Å². The monoisotopic (exact) mass is 558 g/mol. The Balaban J connectivity index is 0.000000205. The van der Waals surface area contributed by atoms with Gasteiger partial charge in [-0.1, -0.05) is 24.3 Å². The van der Waals surface area contributed by atoms with Gasteiger partial charge in [0, 0.05) is 27.9 Å². The number of hydrogen-bond donors (Lipinski definition) is 7. The second kappa shape index (κ2) is 9.08. The fourth-order valence-corrected chi connectivity index (χ4v) is 5.38. The van der Waals surface area contributed by atoms with Crippen LogP contribution in [0.2, 0.25) is 0 Å². The average Bonchev–Trinajstić information content (AvgIpc) is 2.72. The number of anilines is 2. The van der Waals surface area contributed by atoms with Crippen LogP contribution in [0, 0.1) is 0 Å². The molecule has 0 radical (unpaired) electrons. The van der Waals surface area contributed by atoms with Crippen molar-refractivity contribution in [2.45, 2.75) is 14.7 Å². The van der Waals surface area contributed by atoms with Crippen LogP contribution in [0.25, 0.3) is 21.5 Å². The predicted molar refractivity (Wildman–Crippen MR) is 129 cm³/mol. The summed E-state index contributed by atoms with van der Waals surface area (Å²) in [6.45, 7) is 0. The van der Waals surface area contributed by atoms with Crippen molar-refractivity contribution < 1.29 is 49.1 Å². The van der Waals surface area contributed by atoms with Gasteiger partial charge in [-0.05, 0) is 29.7 Å². The van der Waals surface area contributed by atoms with Gasteiger partial charge in [0.25, 0.3) is 30.4 Å². The zero-order valence-corrected chi connectivity index (χ0v) is 20.2. The number of aromatic hydroxyl groups is 2. The average molecular weight is 559 g/mol. The van der Waals surface area contributed by atoms with Crippen LogP contribution in [0.1, 0.15) is 0 Å². The number of phenols is 2. The predicted octanol–water partition coefficient (Wildman–Crippen LogP) is 2.00. The van der Waals surface area contributed by atoms with Crippen molar-refractivity contribution in [3.63, 3.8) is 0 Å². The molecule has 0 unspecified atom stereocenters. The van der Waals surface area contributed by atoms with Crippen LogP contribution < -0.4 is 11.5 Å². The van der Waals surface area contributed by atoms with Crippen LogP contribution in [0.15, 0.2) is 69.3 Å². The van der Waals surface area contributed by atoms with Crippen molar-refractivity contribution in [2.75, 3.05) is 11.5 Å². The number of nitrogen functional groups attached to an aromatic ring is 2. The van der Waals surface area contributed by atoms with Crippen LogP contribution in [0.4, 0.5) is 11.4 Å². The molecule has 0 saturated carbocycles. The SMILES string of the molecule is Nc1c(S(=O)(=O)O)cc(S(=O)(=O)O)c2cccc(O)c12.Nc1cccc2cc(S(=O)(=O)O)cc(O)c12. The van der Waals surface area contributed by atoms with Crippen molar-refractivity contribution in [3.05, 3.63) is 54.6 Å². The Morgan fingerprint density at radius 1 is 0.611 bits per heavy atom. The summed E-state index contributed by atoms with van der Waals surface area (Å²) in [4.78, 5) is -2.06. The quantitative estimate of drug-likeness (QED) is 0.140. The Bertz CT molecular complexity index is 1850. The third-order valence-corrected chi connectivity index (χ3v) is 7.54. The van der Waals surface area contributed by atoms with Crippen molar-refractivity contribution >= 4 is 63.3 Å². The third-order valence-electron chi connectivity index (χ3n) is 4.92. The van der Waals surface area contributed by atoms with Gasteiger partial charge in [-0.2, -0.15) is 25.3 Å². The highest BCUT2D eigenvalue weighted by Gasteiger charge is 2.25. The van der Waals surface area contributed by atoms with Gasteiger partial charge in [0.1, 0.15) is 21.3 Å². The van der Waals surface area contributed by atoms with E-state index in [1.807, 2.05) is 0 Å². The molecule has 0 amide bonds. The Morgan fingerprint density at radius 2 is 1.19 bits per heavy atom. The second-order valence-electron chi connectivity index (χ2n) is 7.30. The summed E-state index contributed by atoms with van der Waals surface area (Å²) in [5, 5.41) is 19.7. The molecule has 4 aromatic rings. The first-order chi connectivity index (χ1) is 16.4. The number of nitrogens with two attached hydrogens (primary N) is 2. The largest absolute Gasteiger partial charge is 0.507 e. The molecule has 0 aliphatic rings. The fourth-order valence-electron chi connectivity index (χ4n) is 3.41. The van der Waals surface area contributed by atoms with Crippen molar-refractivity contribution in [1.29, 1.82) is 0 Å². The Labute approximate surface area is 204 Å². The van der Waals surface area contributed by atoms with E-state index in [2.05, 4.69) is 0 Å². The van der Waals surface area contributed by atoms with Crippen molar-refractivity contribution in [2.24, 2.45) is 0 Å². The van der Waals surface area contributed by atoms with Gasteiger partial charge in [0.15, 0.2) is 0 Å². The highest BCUT2D eigenvalue weighted by Crippen LogP contribution is 2.38. The molecule has 4 rings (SSSR count). The van der Waals surface area contributed by atoms with E-state index in [-0.39, 0.29) is 21.4 Å². The van der Waals surface area contributed by atoms with Crippen LogP contribution in [0.5, 0.6) is 11.5 Å². The molecule has 9 N–H and O–H groups in total. The zero-order chi connectivity index (χ0) is 27.2. The Kier molecular flexibility index (Phi) is 6.79. The molecule has 0 saturated heterocycles. The van der Waals surface area contributed by atoms with Gasteiger partial charge >= 0.3 is 0 Å². The molecule has 13 nitrogen and oxygen atoms in total. The van der Waals surface area contributed by atoms with Gasteiger partial charge in [0.2, 0.25) is 0 Å². The lowest BCUT2D eigenvalue weighted by molar-refractivity contribution is 0.471. The maximum atomic E-state index is 11.3.